The maximum Gasteiger partial charge on any atom is 0.273 e. The minimum absolute atomic E-state index is 0.0654. The van der Waals surface area contributed by atoms with Gasteiger partial charge in [-0.1, -0.05) is 22.0 Å². The van der Waals surface area contributed by atoms with Crippen LogP contribution in [0.1, 0.15) is 5.56 Å². The molecule has 0 amide bonds. The highest BCUT2D eigenvalue weighted by Crippen LogP contribution is 2.25. The van der Waals surface area contributed by atoms with Gasteiger partial charge in [0.1, 0.15) is 0 Å². The standard InChI is InChI=1S/C19H16BrN3O6S2/c1-13-2-9-18(12-19(13)23(24)25)31(28,29)22-16-7-10-17(11-8-16)30(26,27)21-15-5-3-14(20)4-6-15/h2-12,21-22H,1H3. The Kier molecular flexibility index (Phi) is 6.34. The van der Waals surface area contributed by atoms with Crippen molar-refractivity contribution in [2.45, 2.75) is 16.7 Å². The highest BCUT2D eigenvalue weighted by molar-refractivity contribution is 9.10. The van der Waals surface area contributed by atoms with E-state index in [0.717, 1.165) is 10.5 Å². The smallest absolute Gasteiger partial charge is 0.273 e. The minimum Gasteiger partial charge on any atom is -0.280 e. The van der Waals surface area contributed by atoms with Gasteiger partial charge in [-0.3, -0.25) is 19.6 Å². The van der Waals surface area contributed by atoms with Gasteiger partial charge in [0.25, 0.3) is 25.7 Å². The molecule has 0 radical (unpaired) electrons. The topological polar surface area (TPSA) is 135 Å². The molecule has 3 aromatic carbocycles. The fourth-order valence-corrected chi connectivity index (χ4v) is 5.00. The van der Waals surface area contributed by atoms with E-state index >= 15 is 0 Å². The van der Waals surface area contributed by atoms with Crippen molar-refractivity contribution in [3.63, 3.8) is 0 Å². The summed E-state index contributed by atoms with van der Waals surface area (Å²) < 4.78 is 55.7. The van der Waals surface area contributed by atoms with Gasteiger partial charge in [0.2, 0.25) is 0 Å². The van der Waals surface area contributed by atoms with Crippen molar-refractivity contribution < 1.29 is 21.8 Å². The van der Waals surface area contributed by atoms with Crippen LogP contribution >= 0.6 is 15.9 Å². The van der Waals surface area contributed by atoms with Crippen LogP contribution in [0.25, 0.3) is 0 Å². The van der Waals surface area contributed by atoms with Gasteiger partial charge in [-0.2, -0.15) is 0 Å². The van der Waals surface area contributed by atoms with Crippen LogP contribution in [-0.4, -0.2) is 21.8 Å². The molecule has 0 fully saturated rings. The van der Waals surface area contributed by atoms with Gasteiger partial charge < -0.3 is 0 Å². The van der Waals surface area contributed by atoms with Crippen LogP contribution in [0.3, 0.4) is 0 Å². The first-order valence-electron chi connectivity index (χ1n) is 8.64. The number of nitrogens with one attached hydrogen (secondary N) is 2. The molecular formula is C19H16BrN3O6S2. The molecule has 0 aliphatic carbocycles. The molecule has 0 unspecified atom stereocenters. The second kappa shape index (κ2) is 8.65. The molecule has 0 aliphatic rings. The highest BCUT2D eigenvalue weighted by Gasteiger charge is 2.20. The summed E-state index contributed by atoms with van der Waals surface area (Å²) in [7, 11) is -7.99. The summed E-state index contributed by atoms with van der Waals surface area (Å²) in [6.45, 7) is 1.50. The van der Waals surface area contributed by atoms with E-state index in [4.69, 9.17) is 0 Å². The van der Waals surface area contributed by atoms with Crippen LogP contribution in [-0.2, 0) is 20.0 Å². The summed E-state index contributed by atoms with van der Waals surface area (Å²) in [6.07, 6.45) is 0. The number of sulfonamides is 2. The first kappa shape index (κ1) is 22.7. The van der Waals surface area contributed by atoms with E-state index in [1.54, 1.807) is 24.3 Å². The molecule has 0 saturated heterocycles. The summed E-state index contributed by atoms with van der Waals surface area (Å²) in [4.78, 5) is 10.1. The molecule has 0 saturated carbocycles. The lowest BCUT2D eigenvalue weighted by Gasteiger charge is -2.11. The SMILES string of the molecule is Cc1ccc(S(=O)(=O)Nc2ccc(S(=O)(=O)Nc3ccc(Br)cc3)cc2)cc1[N+](=O)[O-]. The zero-order chi connectivity index (χ0) is 22.8. The number of hydrogen-bond donors (Lipinski definition) is 2. The predicted octanol–water partition coefficient (Wildman–Crippen LogP) is 4.27. The van der Waals surface area contributed by atoms with E-state index in [9.17, 15) is 26.9 Å². The third-order valence-electron chi connectivity index (χ3n) is 4.20. The minimum atomic E-state index is -4.11. The fraction of sp³-hybridized carbons (Fsp3) is 0.0526. The number of nitrogens with zero attached hydrogens (tertiary/aromatic N) is 1. The monoisotopic (exact) mass is 525 g/mol. The number of hydrogen-bond acceptors (Lipinski definition) is 6. The molecule has 0 aromatic heterocycles. The number of anilines is 2. The Hall–Kier alpha value is -2.96. The lowest BCUT2D eigenvalue weighted by Crippen LogP contribution is -2.15. The average Bonchev–Trinajstić information content (AvgIpc) is 2.69. The van der Waals surface area contributed by atoms with Gasteiger partial charge in [-0.15, -0.1) is 0 Å². The van der Waals surface area contributed by atoms with Crippen molar-refractivity contribution in [1.29, 1.82) is 0 Å². The molecule has 0 atom stereocenters. The summed E-state index contributed by atoms with van der Waals surface area (Å²) in [5.74, 6) is 0. The molecule has 0 heterocycles. The molecule has 3 rings (SSSR count). The van der Waals surface area contributed by atoms with E-state index < -0.39 is 25.0 Å². The van der Waals surface area contributed by atoms with Gasteiger partial charge in [0.05, 0.1) is 14.7 Å². The van der Waals surface area contributed by atoms with Gasteiger partial charge in [0, 0.05) is 27.5 Å². The molecule has 2 N–H and O–H groups in total. The van der Waals surface area contributed by atoms with E-state index in [-0.39, 0.29) is 21.2 Å². The Labute approximate surface area is 187 Å². The van der Waals surface area contributed by atoms with Crippen molar-refractivity contribution in [2.24, 2.45) is 0 Å². The number of benzene rings is 3. The molecule has 12 heteroatoms. The molecule has 0 bridgehead atoms. The molecule has 162 valence electrons. The highest BCUT2D eigenvalue weighted by atomic mass is 79.9. The Balaban J connectivity index is 1.80. The number of halogens is 1. The van der Waals surface area contributed by atoms with Crippen molar-refractivity contribution in [2.75, 3.05) is 9.44 Å². The molecule has 0 aliphatic heterocycles. The first-order valence-corrected chi connectivity index (χ1v) is 12.4. The number of nitro groups is 1. The van der Waals surface area contributed by atoms with Crippen molar-refractivity contribution >= 4 is 53.0 Å². The Morgan fingerprint density at radius 2 is 1.23 bits per heavy atom. The quantitative estimate of drug-likeness (QED) is 0.349. The summed E-state index contributed by atoms with van der Waals surface area (Å²) in [6, 6.07) is 15.2. The molecule has 9 nitrogen and oxygen atoms in total. The third kappa shape index (κ3) is 5.40. The largest absolute Gasteiger partial charge is 0.280 e. The Morgan fingerprint density at radius 1 is 0.774 bits per heavy atom. The zero-order valence-electron chi connectivity index (χ0n) is 15.9. The third-order valence-corrected chi connectivity index (χ3v) is 7.51. The van der Waals surface area contributed by atoms with Crippen LogP contribution in [0.15, 0.2) is 81.0 Å². The maximum absolute atomic E-state index is 12.6. The lowest BCUT2D eigenvalue weighted by atomic mass is 10.2. The van der Waals surface area contributed by atoms with Crippen LogP contribution in [0, 0.1) is 17.0 Å². The van der Waals surface area contributed by atoms with Crippen LogP contribution < -0.4 is 9.44 Å². The van der Waals surface area contributed by atoms with Gasteiger partial charge in [0.15, 0.2) is 0 Å². The molecular weight excluding hydrogens is 510 g/mol. The molecule has 3 aromatic rings. The maximum atomic E-state index is 12.6. The van der Waals surface area contributed by atoms with E-state index in [2.05, 4.69) is 25.4 Å². The van der Waals surface area contributed by atoms with E-state index in [1.807, 2.05) is 0 Å². The average molecular weight is 526 g/mol. The summed E-state index contributed by atoms with van der Waals surface area (Å²) in [5, 5.41) is 11.1. The van der Waals surface area contributed by atoms with Crippen molar-refractivity contribution in [1.82, 2.24) is 0 Å². The molecule has 31 heavy (non-hydrogen) atoms. The second-order valence-electron chi connectivity index (χ2n) is 6.45. The molecule has 0 spiro atoms. The predicted molar refractivity (Wildman–Crippen MR) is 120 cm³/mol. The van der Waals surface area contributed by atoms with Crippen LogP contribution in [0.5, 0.6) is 0 Å². The van der Waals surface area contributed by atoms with Crippen LogP contribution in [0.4, 0.5) is 17.1 Å². The zero-order valence-corrected chi connectivity index (χ0v) is 19.2. The van der Waals surface area contributed by atoms with E-state index in [0.29, 0.717) is 11.3 Å². The lowest BCUT2D eigenvalue weighted by molar-refractivity contribution is -0.385. The van der Waals surface area contributed by atoms with E-state index in [1.165, 1.54) is 43.3 Å². The Morgan fingerprint density at radius 3 is 1.74 bits per heavy atom. The van der Waals surface area contributed by atoms with Gasteiger partial charge in [-0.25, -0.2) is 16.8 Å². The number of aryl methyl sites for hydroxylation is 1. The summed E-state index contributed by atoms with van der Waals surface area (Å²) in [5.41, 5.74) is 0.486. The number of rotatable bonds is 7. The van der Waals surface area contributed by atoms with Crippen molar-refractivity contribution in [3.8, 4) is 0 Å². The second-order valence-corrected chi connectivity index (χ2v) is 10.7. The first-order chi connectivity index (χ1) is 14.5. The number of nitro benzene ring substituents is 1. The van der Waals surface area contributed by atoms with Crippen molar-refractivity contribution in [3.05, 3.63) is 86.9 Å². The van der Waals surface area contributed by atoms with Gasteiger partial charge in [-0.05, 0) is 61.5 Å². The Bertz CT molecular complexity index is 1340. The van der Waals surface area contributed by atoms with Gasteiger partial charge >= 0.3 is 0 Å². The normalized spacial score (nSPS) is 11.7. The van der Waals surface area contributed by atoms with Crippen LogP contribution in [0.2, 0.25) is 0 Å². The summed E-state index contributed by atoms with van der Waals surface area (Å²) >= 11 is 3.27. The fourth-order valence-electron chi connectivity index (χ4n) is 2.60.